The van der Waals surface area contributed by atoms with Crippen LogP contribution in [0.1, 0.15) is 38.1 Å². The van der Waals surface area contributed by atoms with Gasteiger partial charge in [0.25, 0.3) is 0 Å². The molecular formula is C26H23FN6O. The fourth-order valence-corrected chi connectivity index (χ4v) is 4.75. The molecule has 3 heterocycles. The molecule has 2 N–H and O–H groups in total. The highest BCUT2D eigenvalue weighted by Gasteiger charge is 2.25. The number of hydrogen-bond acceptors (Lipinski definition) is 6. The monoisotopic (exact) mass is 454 g/mol. The van der Waals surface area contributed by atoms with E-state index in [9.17, 15) is 0 Å². The largest absolute Gasteiger partial charge is 0.439 e. The number of ether oxygens (including phenoxy) is 1. The Balaban J connectivity index is 1.49. The van der Waals surface area contributed by atoms with Crippen molar-refractivity contribution in [3.63, 3.8) is 0 Å². The first-order valence-electron chi connectivity index (χ1n) is 11.5. The second kappa shape index (κ2) is 8.37. The van der Waals surface area contributed by atoms with Crippen molar-refractivity contribution >= 4 is 27.8 Å². The molecule has 7 nitrogen and oxygen atoms in total. The molecule has 0 aliphatic heterocycles. The minimum atomic E-state index is -0.477. The molecule has 3 aromatic heterocycles. The number of nitrogen functional groups attached to an aromatic ring is 1. The maximum absolute atomic E-state index is 15.9. The number of pyridine rings is 1. The lowest BCUT2D eigenvalue weighted by Gasteiger charge is -2.22. The van der Waals surface area contributed by atoms with Gasteiger partial charge in [0, 0.05) is 17.0 Å². The van der Waals surface area contributed by atoms with E-state index in [-0.39, 0.29) is 17.4 Å². The molecule has 1 saturated carbocycles. The molecule has 1 fully saturated rings. The van der Waals surface area contributed by atoms with Crippen molar-refractivity contribution in [2.75, 3.05) is 5.73 Å². The lowest BCUT2D eigenvalue weighted by atomic mass is 9.96. The third kappa shape index (κ3) is 3.51. The molecular weight excluding hydrogens is 431 g/mol. The van der Waals surface area contributed by atoms with Gasteiger partial charge in [-0.15, -0.1) is 0 Å². The van der Waals surface area contributed by atoms with Crippen molar-refractivity contribution in [3.8, 4) is 22.9 Å². The second-order valence-corrected chi connectivity index (χ2v) is 8.61. The lowest BCUT2D eigenvalue weighted by molar-refractivity contribution is 0.336. The summed E-state index contributed by atoms with van der Waals surface area (Å²) >= 11 is 0. The summed E-state index contributed by atoms with van der Waals surface area (Å²) in [6.07, 6.45) is 6.97. The highest BCUT2D eigenvalue weighted by Crippen LogP contribution is 2.38. The van der Waals surface area contributed by atoms with Crippen LogP contribution in [0.5, 0.6) is 11.6 Å². The van der Waals surface area contributed by atoms with Gasteiger partial charge in [-0.05, 0) is 37.1 Å². The zero-order valence-corrected chi connectivity index (χ0v) is 18.5. The Morgan fingerprint density at radius 3 is 2.56 bits per heavy atom. The summed E-state index contributed by atoms with van der Waals surface area (Å²) < 4.78 is 23.7. The van der Waals surface area contributed by atoms with Crippen molar-refractivity contribution in [1.82, 2.24) is 24.7 Å². The minimum absolute atomic E-state index is 0.210. The third-order valence-electron chi connectivity index (χ3n) is 6.43. The zero-order valence-electron chi connectivity index (χ0n) is 18.5. The van der Waals surface area contributed by atoms with Crippen LogP contribution in [0.25, 0.3) is 33.2 Å². The third-order valence-corrected chi connectivity index (χ3v) is 6.43. The fraction of sp³-hybridized carbons (Fsp3) is 0.231. The number of fused-ring (bicyclic) bond motifs is 2. The number of halogens is 1. The highest BCUT2D eigenvalue weighted by atomic mass is 19.1. The molecule has 0 unspecified atom stereocenters. The van der Waals surface area contributed by atoms with Gasteiger partial charge < -0.3 is 10.5 Å². The van der Waals surface area contributed by atoms with Gasteiger partial charge in [-0.3, -0.25) is 0 Å². The van der Waals surface area contributed by atoms with Crippen LogP contribution in [0, 0.1) is 5.82 Å². The molecule has 2 aromatic carbocycles. The highest BCUT2D eigenvalue weighted by molar-refractivity contribution is 6.00. The molecule has 0 atom stereocenters. The fourth-order valence-electron chi connectivity index (χ4n) is 4.75. The maximum Gasteiger partial charge on any atom is 0.219 e. The van der Waals surface area contributed by atoms with Gasteiger partial charge in [-0.2, -0.15) is 5.10 Å². The number of nitrogens with two attached hydrogens (primary N) is 1. The summed E-state index contributed by atoms with van der Waals surface area (Å²) in [4.78, 5) is 13.1. The predicted molar refractivity (Wildman–Crippen MR) is 129 cm³/mol. The van der Waals surface area contributed by atoms with Crippen LogP contribution in [0.4, 0.5) is 10.2 Å². The summed E-state index contributed by atoms with van der Waals surface area (Å²) in [5, 5.41) is 6.08. The Hall–Kier alpha value is -4.07. The van der Waals surface area contributed by atoms with Gasteiger partial charge in [-0.1, -0.05) is 43.5 Å². The van der Waals surface area contributed by atoms with E-state index in [4.69, 9.17) is 15.6 Å². The van der Waals surface area contributed by atoms with Crippen LogP contribution in [-0.2, 0) is 0 Å². The number of nitrogens with zero attached hydrogens (tertiary/aromatic N) is 5. The van der Waals surface area contributed by atoms with E-state index in [1.807, 2.05) is 41.1 Å². The average Bonchev–Trinajstić information content (AvgIpc) is 3.27. The van der Waals surface area contributed by atoms with E-state index in [2.05, 4.69) is 15.0 Å². The van der Waals surface area contributed by atoms with Crippen molar-refractivity contribution in [3.05, 3.63) is 66.7 Å². The van der Waals surface area contributed by atoms with Crippen LogP contribution in [0.3, 0.4) is 0 Å². The molecule has 8 heteroatoms. The summed E-state index contributed by atoms with van der Waals surface area (Å²) in [5.74, 6) is 0.758. The smallest absolute Gasteiger partial charge is 0.219 e. The normalized spacial score (nSPS) is 14.6. The quantitative estimate of drug-likeness (QED) is 0.355. The number of para-hydroxylation sites is 1. The van der Waals surface area contributed by atoms with Gasteiger partial charge in [0.1, 0.15) is 29.1 Å². The molecule has 1 aliphatic rings. The van der Waals surface area contributed by atoms with Crippen molar-refractivity contribution < 1.29 is 9.13 Å². The zero-order chi connectivity index (χ0) is 23.1. The Bertz CT molecular complexity index is 1490. The minimum Gasteiger partial charge on any atom is -0.439 e. The van der Waals surface area contributed by atoms with E-state index in [1.165, 1.54) is 12.7 Å². The molecule has 170 valence electrons. The molecule has 0 radical (unpaired) electrons. The van der Waals surface area contributed by atoms with E-state index >= 15 is 4.39 Å². The van der Waals surface area contributed by atoms with Crippen LogP contribution in [-0.4, -0.2) is 24.7 Å². The first kappa shape index (κ1) is 20.5. The Labute approximate surface area is 195 Å². The molecule has 0 spiro atoms. The maximum atomic E-state index is 15.9. The van der Waals surface area contributed by atoms with Crippen molar-refractivity contribution in [1.29, 1.82) is 0 Å². The van der Waals surface area contributed by atoms with Crippen molar-refractivity contribution in [2.24, 2.45) is 0 Å². The number of rotatable bonds is 4. The van der Waals surface area contributed by atoms with Gasteiger partial charge in [-0.25, -0.2) is 24.0 Å². The SMILES string of the molecule is Nc1ncnc2c1c(-c1ccc3ccc(Oc4ccccc4)nc3c1F)nn2C1CCCCC1. The topological polar surface area (TPSA) is 91.7 Å². The van der Waals surface area contributed by atoms with Crippen LogP contribution < -0.4 is 10.5 Å². The average molecular weight is 455 g/mol. The molecule has 0 saturated heterocycles. The summed E-state index contributed by atoms with van der Waals surface area (Å²) in [5.41, 5.74) is 7.86. The number of aromatic nitrogens is 5. The standard InChI is InChI=1S/C26H23FN6O/c27-22-19(13-11-16-12-14-20(31-23(16)22)34-18-9-5-2-6-10-18)24-21-25(28)29-15-30-26(21)33(32-24)17-7-3-1-4-8-17/h2,5-6,9-15,17H,1,3-4,7-8H2,(H2,28,29,30). The van der Waals surface area contributed by atoms with Crippen LogP contribution in [0.15, 0.2) is 60.9 Å². The van der Waals surface area contributed by atoms with Gasteiger partial charge in [0.05, 0.1) is 11.4 Å². The number of anilines is 1. The van der Waals surface area contributed by atoms with Gasteiger partial charge in [0.15, 0.2) is 11.5 Å². The van der Waals surface area contributed by atoms with Crippen molar-refractivity contribution in [2.45, 2.75) is 38.1 Å². The Morgan fingerprint density at radius 2 is 1.74 bits per heavy atom. The molecule has 1 aliphatic carbocycles. The second-order valence-electron chi connectivity index (χ2n) is 8.61. The van der Waals surface area contributed by atoms with Gasteiger partial charge in [0.2, 0.25) is 5.88 Å². The first-order chi connectivity index (χ1) is 16.7. The lowest BCUT2D eigenvalue weighted by Crippen LogP contribution is -2.14. The molecule has 34 heavy (non-hydrogen) atoms. The van der Waals surface area contributed by atoms with E-state index in [0.717, 1.165) is 25.7 Å². The number of benzene rings is 2. The summed E-state index contributed by atoms with van der Waals surface area (Å²) in [6, 6.07) is 16.6. The molecule has 0 bridgehead atoms. The van der Waals surface area contributed by atoms with Crippen LogP contribution in [0.2, 0.25) is 0 Å². The van der Waals surface area contributed by atoms with Crippen LogP contribution >= 0.6 is 0 Å². The van der Waals surface area contributed by atoms with Gasteiger partial charge >= 0.3 is 0 Å². The predicted octanol–water partition coefficient (Wildman–Crippen LogP) is 6.06. The van der Waals surface area contributed by atoms with E-state index in [0.29, 0.717) is 39.3 Å². The van der Waals surface area contributed by atoms with E-state index < -0.39 is 5.82 Å². The summed E-state index contributed by atoms with van der Waals surface area (Å²) in [7, 11) is 0. The molecule has 0 amide bonds. The molecule has 6 rings (SSSR count). The summed E-state index contributed by atoms with van der Waals surface area (Å²) in [6.45, 7) is 0. The Kier molecular flexibility index (Phi) is 5.05. The molecule has 5 aromatic rings. The Morgan fingerprint density at radius 1 is 0.941 bits per heavy atom. The van der Waals surface area contributed by atoms with E-state index in [1.54, 1.807) is 18.2 Å². The number of hydrogen-bond donors (Lipinski definition) is 1. The first-order valence-corrected chi connectivity index (χ1v) is 11.5.